The standard InChI is InChI=1S/C13H16F2N4/c1-7-5-11(15)12(6-10(7)14)19-9(3)13(17-18-19)8(2)16-4/h5-6,8,16H,1-4H3. The average Bonchev–Trinajstić information content (AvgIpc) is 2.75. The maximum atomic E-state index is 13.9. The van der Waals surface area contributed by atoms with Crippen molar-refractivity contribution in [2.45, 2.75) is 26.8 Å². The Morgan fingerprint density at radius 2 is 1.89 bits per heavy atom. The van der Waals surface area contributed by atoms with Gasteiger partial charge in [-0.2, -0.15) is 0 Å². The van der Waals surface area contributed by atoms with Crippen molar-refractivity contribution >= 4 is 0 Å². The molecule has 2 aromatic rings. The van der Waals surface area contributed by atoms with E-state index in [1.165, 1.54) is 11.6 Å². The third kappa shape index (κ3) is 2.35. The minimum Gasteiger partial charge on any atom is -0.312 e. The first-order valence-electron chi connectivity index (χ1n) is 6.01. The summed E-state index contributed by atoms with van der Waals surface area (Å²) in [6, 6.07) is 2.29. The van der Waals surface area contributed by atoms with Gasteiger partial charge in [0.25, 0.3) is 0 Å². The van der Waals surface area contributed by atoms with Crippen LogP contribution in [0, 0.1) is 25.5 Å². The zero-order valence-electron chi connectivity index (χ0n) is 11.3. The second-order valence-electron chi connectivity index (χ2n) is 4.54. The Bertz CT molecular complexity index is 607. The number of hydrogen-bond donors (Lipinski definition) is 1. The van der Waals surface area contributed by atoms with Crippen molar-refractivity contribution < 1.29 is 8.78 Å². The molecular formula is C13H16F2N4. The summed E-state index contributed by atoms with van der Waals surface area (Å²) in [5.41, 5.74) is 1.73. The number of nitrogens with one attached hydrogen (secondary N) is 1. The van der Waals surface area contributed by atoms with Crippen LogP contribution in [0.3, 0.4) is 0 Å². The summed E-state index contributed by atoms with van der Waals surface area (Å²) in [6.07, 6.45) is 0. The molecule has 6 heteroatoms. The number of rotatable bonds is 3. The van der Waals surface area contributed by atoms with Crippen molar-refractivity contribution in [3.63, 3.8) is 0 Å². The van der Waals surface area contributed by atoms with E-state index in [1.807, 2.05) is 6.92 Å². The number of hydrogen-bond acceptors (Lipinski definition) is 3. The Kier molecular flexibility index (Phi) is 3.61. The summed E-state index contributed by atoms with van der Waals surface area (Å²) in [6.45, 7) is 5.22. The lowest BCUT2D eigenvalue weighted by Gasteiger charge is -2.09. The van der Waals surface area contributed by atoms with E-state index < -0.39 is 11.6 Å². The lowest BCUT2D eigenvalue weighted by molar-refractivity contribution is 0.576. The van der Waals surface area contributed by atoms with Gasteiger partial charge in [0, 0.05) is 6.07 Å². The molecule has 0 amide bonds. The molecule has 0 spiro atoms. The van der Waals surface area contributed by atoms with Gasteiger partial charge in [-0.3, -0.25) is 0 Å². The zero-order chi connectivity index (χ0) is 14.2. The van der Waals surface area contributed by atoms with Crippen molar-refractivity contribution in [2.75, 3.05) is 7.05 Å². The van der Waals surface area contributed by atoms with Crippen LogP contribution in [0.15, 0.2) is 12.1 Å². The van der Waals surface area contributed by atoms with Gasteiger partial charge in [-0.1, -0.05) is 5.21 Å². The van der Waals surface area contributed by atoms with Crippen LogP contribution in [-0.2, 0) is 0 Å². The molecule has 0 bridgehead atoms. The summed E-state index contributed by atoms with van der Waals surface area (Å²) in [5, 5.41) is 11.0. The van der Waals surface area contributed by atoms with E-state index in [4.69, 9.17) is 0 Å². The first-order valence-corrected chi connectivity index (χ1v) is 6.01. The molecule has 1 unspecified atom stereocenters. The van der Waals surface area contributed by atoms with Gasteiger partial charge in [0.1, 0.15) is 23.0 Å². The lowest BCUT2D eigenvalue weighted by Crippen LogP contribution is -2.14. The van der Waals surface area contributed by atoms with Gasteiger partial charge in [0.05, 0.1) is 11.7 Å². The Hall–Kier alpha value is -1.82. The van der Waals surface area contributed by atoms with Gasteiger partial charge in [-0.15, -0.1) is 5.10 Å². The number of nitrogens with zero attached hydrogens (tertiary/aromatic N) is 3. The van der Waals surface area contributed by atoms with Crippen LogP contribution in [0.5, 0.6) is 0 Å². The number of benzene rings is 1. The normalized spacial score (nSPS) is 12.7. The molecular weight excluding hydrogens is 250 g/mol. The fourth-order valence-electron chi connectivity index (χ4n) is 1.90. The van der Waals surface area contributed by atoms with E-state index in [0.717, 1.165) is 12.1 Å². The van der Waals surface area contributed by atoms with Crippen LogP contribution in [0.2, 0.25) is 0 Å². The van der Waals surface area contributed by atoms with Crippen molar-refractivity contribution in [3.05, 3.63) is 40.7 Å². The first-order chi connectivity index (χ1) is 8.95. The second-order valence-corrected chi connectivity index (χ2v) is 4.54. The summed E-state index contributed by atoms with van der Waals surface area (Å²) >= 11 is 0. The fraction of sp³-hybridized carbons (Fsp3) is 0.385. The molecule has 0 aliphatic rings. The molecule has 0 aliphatic heterocycles. The molecule has 1 N–H and O–H groups in total. The van der Waals surface area contributed by atoms with Crippen LogP contribution in [0.25, 0.3) is 5.69 Å². The van der Waals surface area contributed by atoms with Crippen molar-refractivity contribution in [1.82, 2.24) is 20.3 Å². The van der Waals surface area contributed by atoms with E-state index >= 15 is 0 Å². The average molecular weight is 266 g/mol. The number of aromatic nitrogens is 3. The molecule has 102 valence electrons. The van der Waals surface area contributed by atoms with Gasteiger partial charge >= 0.3 is 0 Å². The van der Waals surface area contributed by atoms with Gasteiger partial charge in [-0.25, -0.2) is 13.5 Å². The van der Waals surface area contributed by atoms with Crippen LogP contribution in [0.1, 0.15) is 29.9 Å². The minimum absolute atomic E-state index is 0.00731. The predicted molar refractivity (Wildman–Crippen MR) is 68.2 cm³/mol. The fourth-order valence-corrected chi connectivity index (χ4v) is 1.90. The van der Waals surface area contributed by atoms with Gasteiger partial charge in [0.15, 0.2) is 0 Å². The monoisotopic (exact) mass is 266 g/mol. The molecule has 19 heavy (non-hydrogen) atoms. The molecule has 0 saturated carbocycles. The zero-order valence-corrected chi connectivity index (χ0v) is 11.3. The van der Waals surface area contributed by atoms with E-state index in [-0.39, 0.29) is 17.3 Å². The highest BCUT2D eigenvalue weighted by Crippen LogP contribution is 2.21. The molecule has 0 aliphatic carbocycles. The molecule has 1 aromatic heterocycles. The number of halogens is 2. The molecule has 0 radical (unpaired) electrons. The van der Waals surface area contributed by atoms with Crippen molar-refractivity contribution in [1.29, 1.82) is 0 Å². The second kappa shape index (κ2) is 5.05. The van der Waals surface area contributed by atoms with Crippen LogP contribution in [-0.4, -0.2) is 22.0 Å². The molecule has 0 saturated heterocycles. The Morgan fingerprint density at radius 3 is 2.53 bits per heavy atom. The first kappa shape index (κ1) is 13.6. The topological polar surface area (TPSA) is 42.7 Å². The van der Waals surface area contributed by atoms with Crippen LogP contribution in [0.4, 0.5) is 8.78 Å². The highest BCUT2D eigenvalue weighted by molar-refractivity contribution is 5.38. The summed E-state index contributed by atoms with van der Waals surface area (Å²) < 4.78 is 28.8. The molecule has 4 nitrogen and oxygen atoms in total. The minimum atomic E-state index is -0.518. The molecule has 1 heterocycles. The predicted octanol–water partition coefficient (Wildman–Crippen LogP) is 2.44. The van der Waals surface area contributed by atoms with Crippen molar-refractivity contribution in [3.8, 4) is 5.69 Å². The van der Waals surface area contributed by atoms with Gasteiger partial charge in [-0.05, 0) is 39.4 Å². The van der Waals surface area contributed by atoms with Gasteiger partial charge < -0.3 is 5.32 Å². The highest BCUT2D eigenvalue weighted by atomic mass is 19.1. The third-order valence-electron chi connectivity index (χ3n) is 3.23. The maximum absolute atomic E-state index is 13.9. The highest BCUT2D eigenvalue weighted by Gasteiger charge is 2.18. The Labute approximate surface area is 110 Å². The summed E-state index contributed by atoms with van der Waals surface area (Å²) in [4.78, 5) is 0. The largest absolute Gasteiger partial charge is 0.312 e. The number of aryl methyl sites for hydroxylation is 1. The summed E-state index contributed by atoms with van der Waals surface area (Å²) in [7, 11) is 1.80. The summed E-state index contributed by atoms with van der Waals surface area (Å²) in [5.74, 6) is -0.981. The smallest absolute Gasteiger partial charge is 0.149 e. The molecule has 2 rings (SSSR count). The lowest BCUT2D eigenvalue weighted by atomic mass is 10.2. The van der Waals surface area contributed by atoms with E-state index in [0.29, 0.717) is 11.4 Å². The quantitative estimate of drug-likeness (QED) is 0.928. The molecule has 0 fully saturated rings. The Morgan fingerprint density at radius 1 is 1.21 bits per heavy atom. The molecule has 1 aromatic carbocycles. The SMILES string of the molecule is CNC(C)c1nnn(-c2cc(F)c(C)cc2F)c1C. The Balaban J connectivity index is 2.54. The van der Waals surface area contributed by atoms with E-state index in [1.54, 1.807) is 14.0 Å². The van der Waals surface area contributed by atoms with Crippen molar-refractivity contribution in [2.24, 2.45) is 0 Å². The third-order valence-corrected chi connectivity index (χ3v) is 3.23. The maximum Gasteiger partial charge on any atom is 0.149 e. The van der Waals surface area contributed by atoms with E-state index in [9.17, 15) is 8.78 Å². The molecule has 1 atom stereocenters. The van der Waals surface area contributed by atoms with Gasteiger partial charge in [0.2, 0.25) is 0 Å². The van der Waals surface area contributed by atoms with Crippen LogP contribution < -0.4 is 5.32 Å². The van der Waals surface area contributed by atoms with E-state index in [2.05, 4.69) is 15.6 Å². The van der Waals surface area contributed by atoms with Crippen LogP contribution >= 0.6 is 0 Å².